The van der Waals surface area contributed by atoms with Crippen LogP contribution in [0.4, 0.5) is 5.69 Å². The zero-order valence-electron chi connectivity index (χ0n) is 20.6. The van der Waals surface area contributed by atoms with Crippen molar-refractivity contribution in [3.63, 3.8) is 0 Å². The van der Waals surface area contributed by atoms with Crippen LogP contribution in [0.5, 0.6) is 5.75 Å². The number of rotatable bonds is 7. The molecule has 1 amide bonds. The van der Waals surface area contributed by atoms with E-state index < -0.39 is 17.7 Å². The van der Waals surface area contributed by atoms with Gasteiger partial charge in [-0.1, -0.05) is 13.8 Å². The van der Waals surface area contributed by atoms with Gasteiger partial charge in [-0.3, -0.25) is 4.79 Å². The molecule has 188 valence electrons. The van der Waals surface area contributed by atoms with Crippen LogP contribution in [-0.4, -0.2) is 43.1 Å². The third kappa shape index (κ3) is 4.35. The molecule has 1 unspecified atom stereocenters. The van der Waals surface area contributed by atoms with Crippen LogP contribution in [0, 0.1) is 23.7 Å². The number of hydrogen-bond donors (Lipinski definition) is 1. The maximum atomic E-state index is 11.1. The second-order valence-corrected chi connectivity index (χ2v) is 10.6. The summed E-state index contributed by atoms with van der Waals surface area (Å²) in [5, 5.41) is 2.75. The van der Waals surface area contributed by atoms with E-state index in [0.29, 0.717) is 25.0 Å². The minimum atomic E-state index is -0.772. The Hall–Kier alpha value is -1.71. The lowest BCUT2D eigenvalue weighted by molar-refractivity contribution is -0.577. The first-order chi connectivity index (χ1) is 16.3. The molecule has 8 nitrogen and oxygen atoms in total. The minimum absolute atomic E-state index is 0.0931. The van der Waals surface area contributed by atoms with E-state index in [-0.39, 0.29) is 24.0 Å². The fraction of sp³-hybridized carbons (Fsp3) is 0.731. The number of carbonyl (C=O) groups excluding carboxylic acids is 1. The summed E-state index contributed by atoms with van der Waals surface area (Å²) in [5.74, 6) is 1.23. The molecule has 5 fully saturated rings. The molecule has 1 saturated carbocycles. The van der Waals surface area contributed by atoms with Crippen molar-refractivity contribution in [2.75, 3.05) is 18.5 Å². The molecule has 6 rings (SSSR count). The van der Waals surface area contributed by atoms with Crippen LogP contribution in [0.15, 0.2) is 24.3 Å². The van der Waals surface area contributed by atoms with E-state index in [1.54, 1.807) is 0 Å². The molecule has 1 aromatic carbocycles. The van der Waals surface area contributed by atoms with Crippen molar-refractivity contribution >= 4 is 11.6 Å². The molecule has 4 saturated heterocycles. The normalized spacial score (nSPS) is 40.8. The maximum Gasteiger partial charge on any atom is 0.221 e. The molecule has 8 heteroatoms. The fourth-order valence-electron chi connectivity index (χ4n) is 6.35. The van der Waals surface area contributed by atoms with Gasteiger partial charge in [0, 0.05) is 37.3 Å². The number of fused-ring (bicyclic) bond motifs is 2. The van der Waals surface area contributed by atoms with Crippen molar-refractivity contribution in [2.45, 2.75) is 83.8 Å². The second kappa shape index (κ2) is 9.39. The second-order valence-electron chi connectivity index (χ2n) is 10.6. The molecule has 0 radical (unpaired) electrons. The van der Waals surface area contributed by atoms with E-state index in [2.05, 4.69) is 19.2 Å². The molecule has 1 N–H and O–H groups in total. The number of benzene rings is 1. The number of nitrogens with one attached hydrogen (secondary N) is 1. The van der Waals surface area contributed by atoms with Gasteiger partial charge in [0.25, 0.3) is 0 Å². The predicted octanol–water partition coefficient (Wildman–Crippen LogP) is 4.64. The van der Waals surface area contributed by atoms with E-state index in [9.17, 15) is 4.79 Å². The number of carbonyl (C=O) groups is 1. The Bertz CT molecular complexity index is 878. The van der Waals surface area contributed by atoms with Crippen LogP contribution >= 0.6 is 0 Å². The highest BCUT2D eigenvalue weighted by Crippen LogP contribution is 2.60. The highest BCUT2D eigenvalue weighted by Gasteiger charge is 2.69. The fourth-order valence-corrected chi connectivity index (χ4v) is 6.35. The lowest BCUT2D eigenvalue weighted by Crippen LogP contribution is -2.70. The van der Waals surface area contributed by atoms with Gasteiger partial charge in [-0.15, -0.1) is 0 Å². The van der Waals surface area contributed by atoms with Gasteiger partial charge in [0.15, 0.2) is 18.2 Å². The summed E-state index contributed by atoms with van der Waals surface area (Å²) in [6, 6.07) is 7.34. The topological polar surface area (TPSA) is 84.5 Å². The molecule has 1 spiro atoms. The average molecular weight is 476 g/mol. The molecule has 1 aliphatic carbocycles. The Morgan fingerprint density at radius 1 is 1.09 bits per heavy atom. The first kappa shape index (κ1) is 24.0. The average Bonchev–Trinajstić information content (AvgIpc) is 3.03. The molecule has 5 aliphatic rings. The molecule has 4 aliphatic heterocycles. The van der Waals surface area contributed by atoms with Crippen LogP contribution in [-0.2, 0) is 28.8 Å². The quantitative estimate of drug-likeness (QED) is 0.454. The monoisotopic (exact) mass is 475 g/mol. The van der Waals surface area contributed by atoms with Gasteiger partial charge in [-0.05, 0) is 62.3 Å². The van der Waals surface area contributed by atoms with Gasteiger partial charge in [-0.25, -0.2) is 9.78 Å². The largest absolute Gasteiger partial charge is 0.494 e. The number of anilines is 1. The highest BCUT2D eigenvalue weighted by atomic mass is 17.3. The Morgan fingerprint density at radius 2 is 1.88 bits per heavy atom. The lowest BCUT2D eigenvalue weighted by atomic mass is 9.58. The minimum Gasteiger partial charge on any atom is -0.494 e. The molecule has 8 atom stereocenters. The van der Waals surface area contributed by atoms with Gasteiger partial charge in [0.05, 0.1) is 13.2 Å². The number of amides is 1. The Balaban J connectivity index is 1.16. The summed E-state index contributed by atoms with van der Waals surface area (Å²) in [6.45, 7) is 9.00. The van der Waals surface area contributed by atoms with Crippen molar-refractivity contribution in [3.8, 4) is 5.75 Å². The third-order valence-corrected chi connectivity index (χ3v) is 8.11. The van der Waals surface area contributed by atoms with E-state index in [0.717, 1.165) is 37.1 Å². The Morgan fingerprint density at radius 3 is 2.65 bits per heavy atom. The van der Waals surface area contributed by atoms with E-state index in [1.807, 2.05) is 31.2 Å². The van der Waals surface area contributed by atoms with Gasteiger partial charge >= 0.3 is 0 Å². The maximum absolute atomic E-state index is 11.1. The summed E-state index contributed by atoms with van der Waals surface area (Å²) in [7, 11) is 0. The summed E-state index contributed by atoms with van der Waals surface area (Å²) >= 11 is 0. The summed E-state index contributed by atoms with van der Waals surface area (Å²) in [4.78, 5) is 23.2. The SMILES string of the molecule is CC(=O)Nc1ccc(OCCCO[C@H]2O[C@@H]3O[C@@]4(C)CCC5[C@H](C)CC[C@@H]([C@H]2C)[C@]53OO4)cc1. The lowest BCUT2D eigenvalue weighted by Gasteiger charge is -2.60. The zero-order chi connectivity index (χ0) is 23.9. The van der Waals surface area contributed by atoms with Crippen molar-refractivity contribution in [1.29, 1.82) is 0 Å². The first-order valence-corrected chi connectivity index (χ1v) is 12.6. The van der Waals surface area contributed by atoms with Crippen LogP contribution in [0.2, 0.25) is 0 Å². The molecule has 1 aromatic rings. The first-order valence-electron chi connectivity index (χ1n) is 12.6. The van der Waals surface area contributed by atoms with Crippen LogP contribution in [0.25, 0.3) is 0 Å². The van der Waals surface area contributed by atoms with Crippen molar-refractivity contribution in [1.82, 2.24) is 0 Å². The van der Waals surface area contributed by atoms with Gasteiger partial charge < -0.3 is 24.3 Å². The van der Waals surface area contributed by atoms with Gasteiger partial charge in [0.1, 0.15) is 5.75 Å². The molecule has 2 bridgehead atoms. The number of ether oxygens (including phenoxy) is 4. The van der Waals surface area contributed by atoms with Crippen molar-refractivity contribution in [2.24, 2.45) is 23.7 Å². The van der Waals surface area contributed by atoms with Crippen molar-refractivity contribution in [3.05, 3.63) is 24.3 Å². The Kier molecular flexibility index (Phi) is 6.63. The summed E-state index contributed by atoms with van der Waals surface area (Å²) in [5.41, 5.74) is 0.195. The van der Waals surface area contributed by atoms with E-state index in [4.69, 9.17) is 28.7 Å². The molecular formula is C26H37NO7. The smallest absolute Gasteiger partial charge is 0.221 e. The molecular weight excluding hydrogens is 438 g/mol. The van der Waals surface area contributed by atoms with Gasteiger partial charge in [0.2, 0.25) is 11.7 Å². The Labute approximate surface area is 201 Å². The van der Waals surface area contributed by atoms with E-state index in [1.165, 1.54) is 13.3 Å². The summed E-state index contributed by atoms with van der Waals surface area (Å²) in [6.07, 6.45) is 3.96. The molecule has 34 heavy (non-hydrogen) atoms. The zero-order valence-corrected chi connectivity index (χ0v) is 20.6. The number of hydrogen-bond acceptors (Lipinski definition) is 7. The standard InChI is InChI=1S/C26H37NO7/c1-16-6-11-22-17(2)23(31-24-26(22)21(16)12-13-25(4,32-24)33-34-26)30-15-5-14-29-20-9-7-19(8-10-20)27-18(3)28/h7-10,16-17,21-24H,5-6,11-15H2,1-4H3,(H,27,28)/t16-,17-,21?,22+,23+,24-,25-,26-/m1/s1. The van der Waals surface area contributed by atoms with Crippen molar-refractivity contribution < 1.29 is 33.5 Å². The predicted molar refractivity (Wildman–Crippen MR) is 124 cm³/mol. The molecule has 0 aromatic heterocycles. The van der Waals surface area contributed by atoms with Crippen LogP contribution in [0.3, 0.4) is 0 Å². The van der Waals surface area contributed by atoms with Crippen LogP contribution < -0.4 is 10.1 Å². The van der Waals surface area contributed by atoms with Crippen LogP contribution in [0.1, 0.15) is 59.8 Å². The summed E-state index contributed by atoms with van der Waals surface area (Å²) < 4.78 is 24.9. The highest BCUT2D eigenvalue weighted by molar-refractivity contribution is 5.88. The molecule has 4 heterocycles. The van der Waals surface area contributed by atoms with E-state index >= 15 is 0 Å². The third-order valence-electron chi connectivity index (χ3n) is 8.11. The van der Waals surface area contributed by atoms with Gasteiger partial charge in [-0.2, -0.15) is 0 Å².